The van der Waals surface area contributed by atoms with E-state index < -0.39 is 0 Å². The highest BCUT2D eigenvalue weighted by Gasteiger charge is 2.34. The van der Waals surface area contributed by atoms with Crippen LogP contribution in [0.2, 0.25) is 0 Å². The van der Waals surface area contributed by atoms with Crippen LogP contribution in [0.3, 0.4) is 0 Å². The molecule has 0 spiro atoms. The number of fused-ring (bicyclic) bond motifs is 1. The van der Waals surface area contributed by atoms with Gasteiger partial charge in [0.15, 0.2) is 0 Å². The maximum absolute atomic E-state index is 12.9. The third-order valence-corrected chi connectivity index (χ3v) is 7.80. The molecule has 5 rings (SSSR count). The molecule has 0 N–H and O–H groups in total. The fourth-order valence-corrected chi connectivity index (χ4v) is 5.88. The summed E-state index contributed by atoms with van der Waals surface area (Å²) >= 11 is 10.4. The van der Waals surface area contributed by atoms with E-state index in [1.807, 2.05) is 42.5 Å². The Morgan fingerprint density at radius 3 is 2.85 bits per heavy atom. The normalized spacial score (nSPS) is 19.7. The minimum absolute atomic E-state index is 0.0482. The zero-order valence-corrected chi connectivity index (χ0v) is 21.0. The number of ether oxygens (including phenoxy) is 2. The molecule has 33 heavy (non-hydrogen) atoms. The molecule has 1 atom stereocenters. The van der Waals surface area contributed by atoms with Gasteiger partial charge in [-0.1, -0.05) is 72.5 Å². The summed E-state index contributed by atoms with van der Waals surface area (Å²) in [7, 11) is 0. The Balaban J connectivity index is 1.28. The first-order chi connectivity index (χ1) is 16.1. The van der Waals surface area contributed by atoms with Gasteiger partial charge in [-0.25, -0.2) is 0 Å². The number of thiocarbonyl (C=S) groups is 1. The molecule has 2 fully saturated rings. The standard InChI is InChI=1S/C26H22BrNO3S2/c27-22-13-17(14-24-25(29)28(26(32)33-24)15-20-8-4-12-30-20)10-11-23(22)31-16-19-7-3-6-18-5-1-2-9-21(18)19/h1-3,5-7,9-11,13-14,20H,4,8,12,15-16H2/b24-14-/t20-/m0/s1. The molecule has 3 aromatic rings. The number of carbonyl (C=O) groups is 1. The van der Waals surface area contributed by atoms with Crippen LogP contribution >= 0.6 is 39.9 Å². The highest BCUT2D eigenvalue weighted by molar-refractivity contribution is 9.10. The Kier molecular flexibility index (Phi) is 6.83. The number of rotatable bonds is 6. The van der Waals surface area contributed by atoms with Crippen LogP contribution in [0.4, 0.5) is 0 Å². The van der Waals surface area contributed by atoms with E-state index in [-0.39, 0.29) is 12.0 Å². The van der Waals surface area contributed by atoms with Crippen LogP contribution in [-0.4, -0.2) is 34.4 Å². The number of thioether (sulfide) groups is 1. The first kappa shape index (κ1) is 22.6. The number of halogens is 1. The summed E-state index contributed by atoms with van der Waals surface area (Å²) in [6, 6.07) is 20.4. The van der Waals surface area contributed by atoms with E-state index in [4.69, 9.17) is 21.7 Å². The van der Waals surface area contributed by atoms with Crippen molar-refractivity contribution in [1.82, 2.24) is 4.90 Å². The van der Waals surface area contributed by atoms with Gasteiger partial charge >= 0.3 is 0 Å². The van der Waals surface area contributed by atoms with Gasteiger partial charge in [-0.05, 0) is 68.9 Å². The van der Waals surface area contributed by atoms with Gasteiger partial charge in [0.25, 0.3) is 5.91 Å². The summed E-state index contributed by atoms with van der Waals surface area (Å²) in [5.41, 5.74) is 2.05. The van der Waals surface area contributed by atoms with Crippen LogP contribution in [0.15, 0.2) is 70.0 Å². The van der Waals surface area contributed by atoms with Crippen molar-refractivity contribution in [2.45, 2.75) is 25.6 Å². The Morgan fingerprint density at radius 2 is 2.03 bits per heavy atom. The summed E-state index contributed by atoms with van der Waals surface area (Å²) < 4.78 is 13.2. The maximum Gasteiger partial charge on any atom is 0.266 e. The Labute approximate surface area is 211 Å². The second-order valence-corrected chi connectivity index (χ2v) is 10.6. The van der Waals surface area contributed by atoms with Crippen LogP contribution in [-0.2, 0) is 16.1 Å². The molecule has 2 aliphatic rings. The Hall–Kier alpha value is -2.19. The number of amides is 1. The third-order valence-electron chi connectivity index (χ3n) is 5.80. The zero-order valence-electron chi connectivity index (χ0n) is 17.8. The van der Waals surface area contributed by atoms with Crippen molar-refractivity contribution in [3.05, 3.63) is 81.2 Å². The van der Waals surface area contributed by atoms with Gasteiger partial charge in [-0.3, -0.25) is 9.69 Å². The Bertz CT molecular complexity index is 1250. The predicted octanol–water partition coefficient (Wildman–Crippen LogP) is 6.56. The van der Waals surface area contributed by atoms with Gasteiger partial charge < -0.3 is 9.47 Å². The molecule has 2 saturated heterocycles. The number of hydrogen-bond acceptors (Lipinski definition) is 5. The first-order valence-electron chi connectivity index (χ1n) is 10.8. The van der Waals surface area contributed by atoms with Crippen LogP contribution in [0.25, 0.3) is 16.8 Å². The van der Waals surface area contributed by atoms with E-state index in [2.05, 4.69) is 40.2 Å². The summed E-state index contributed by atoms with van der Waals surface area (Å²) in [4.78, 5) is 15.2. The van der Waals surface area contributed by atoms with Crippen molar-refractivity contribution in [2.75, 3.05) is 13.2 Å². The molecule has 0 saturated carbocycles. The molecule has 0 aliphatic carbocycles. The lowest BCUT2D eigenvalue weighted by molar-refractivity contribution is -0.123. The fraction of sp³-hybridized carbons (Fsp3) is 0.231. The molecule has 1 amide bonds. The third kappa shape index (κ3) is 5.01. The largest absolute Gasteiger partial charge is 0.488 e. The zero-order chi connectivity index (χ0) is 22.8. The molecule has 0 bridgehead atoms. The van der Waals surface area contributed by atoms with E-state index >= 15 is 0 Å². The van der Waals surface area contributed by atoms with E-state index in [0.717, 1.165) is 40.8 Å². The van der Waals surface area contributed by atoms with E-state index in [1.54, 1.807) is 4.90 Å². The van der Waals surface area contributed by atoms with Crippen molar-refractivity contribution in [2.24, 2.45) is 0 Å². The molecule has 7 heteroatoms. The lowest BCUT2D eigenvalue weighted by atomic mass is 10.1. The average molecular weight is 541 g/mol. The molecule has 0 aromatic heterocycles. The Morgan fingerprint density at radius 1 is 1.18 bits per heavy atom. The molecule has 168 valence electrons. The maximum atomic E-state index is 12.9. The van der Waals surface area contributed by atoms with Gasteiger partial charge in [-0.2, -0.15) is 0 Å². The molecular formula is C26H22BrNO3S2. The monoisotopic (exact) mass is 539 g/mol. The fourth-order valence-electron chi connectivity index (χ4n) is 4.10. The summed E-state index contributed by atoms with van der Waals surface area (Å²) in [6.07, 6.45) is 3.98. The van der Waals surface area contributed by atoms with Gasteiger partial charge in [0.2, 0.25) is 0 Å². The minimum Gasteiger partial charge on any atom is -0.488 e. The van der Waals surface area contributed by atoms with Crippen molar-refractivity contribution >= 4 is 67.0 Å². The number of hydrogen-bond donors (Lipinski definition) is 0. The SMILES string of the molecule is O=C1/C(=C/c2ccc(OCc3cccc4ccccc34)c(Br)c2)SC(=S)N1C[C@@H]1CCCO1. The quantitative estimate of drug-likeness (QED) is 0.262. The number of carbonyl (C=O) groups excluding carboxylic acids is 1. The second kappa shape index (κ2) is 9.97. The van der Waals surface area contributed by atoms with Crippen molar-refractivity contribution in [3.8, 4) is 5.75 Å². The topological polar surface area (TPSA) is 38.8 Å². The number of benzene rings is 3. The summed E-state index contributed by atoms with van der Waals surface area (Å²) in [6.45, 7) is 1.77. The van der Waals surface area contributed by atoms with Gasteiger partial charge in [0.05, 0.1) is 22.0 Å². The van der Waals surface area contributed by atoms with E-state index in [1.165, 1.54) is 22.5 Å². The average Bonchev–Trinajstić information content (AvgIpc) is 3.43. The highest BCUT2D eigenvalue weighted by atomic mass is 79.9. The molecular weight excluding hydrogens is 518 g/mol. The smallest absolute Gasteiger partial charge is 0.266 e. The lowest BCUT2D eigenvalue weighted by Gasteiger charge is -2.18. The highest BCUT2D eigenvalue weighted by Crippen LogP contribution is 2.35. The molecule has 0 radical (unpaired) electrons. The van der Waals surface area contributed by atoms with E-state index in [9.17, 15) is 4.79 Å². The van der Waals surface area contributed by atoms with Crippen molar-refractivity contribution in [3.63, 3.8) is 0 Å². The van der Waals surface area contributed by atoms with E-state index in [0.29, 0.717) is 22.4 Å². The lowest BCUT2D eigenvalue weighted by Crippen LogP contribution is -2.35. The summed E-state index contributed by atoms with van der Waals surface area (Å²) in [5.74, 6) is 0.707. The molecule has 3 aromatic carbocycles. The molecule has 4 nitrogen and oxygen atoms in total. The van der Waals surface area contributed by atoms with Gasteiger partial charge in [-0.15, -0.1) is 0 Å². The van der Waals surface area contributed by atoms with Crippen LogP contribution in [0.5, 0.6) is 5.75 Å². The predicted molar refractivity (Wildman–Crippen MR) is 141 cm³/mol. The first-order valence-corrected chi connectivity index (χ1v) is 12.9. The van der Waals surface area contributed by atoms with Gasteiger partial charge in [0.1, 0.15) is 16.7 Å². The molecule has 0 unspecified atom stereocenters. The minimum atomic E-state index is -0.0482. The van der Waals surface area contributed by atoms with Crippen molar-refractivity contribution < 1.29 is 14.3 Å². The van der Waals surface area contributed by atoms with Crippen molar-refractivity contribution in [1.29, 1.82) is 0 Å². The number of nitrogens with zero attached hydrogens (tertiary/aromatic N) is 1. The van der Waals surface area contributed by atoms with Crippen LogP contribution in [0.1, 0.15) is 24.0 Å². The van der Waals surface area contributed by atoms with Crippen LogP contribution < -0.4 is 4.74 Å². The van der Waals surface area contributed by atoms with Gasteiger partial charge in [0, 0.05) is 6.61 Å². The molecule has 2 aliphatic heterocycles. The summed E-state index contributed by atoms with van der Waals surface area (Å²) in [5, 5.41) is 2.39. The van der Waals surface area contributed by atoms with Crippen LogP contribution in [0, 0.1) is 0 Å². The second-order valence-electron chi connectivity index (χ2n) is 8.04. The molecule has 2 heterocycles.